The van der Waals surface area contributed by atoms with Crippen molar-refractivity contribution >= 4 is 0 Å². The number of likely N-dealkylation sites (tertiary alicyclic amines) is 1. The smallest absolute Gasteiger partial charge is 0.00382 e. The summed E-state index contributed by atoms with van der Waals surface area (Å²) in [5.74, 6) is 1.76. The standard InChI is InChI=1S/C18H36N2/c1-4-10-19-13-17-7-11-20(14-17)15-18(12-16(2)3)8-5-6-9-18/h16-17,19H,4-15H2,1-3H3. The number of nitrogens with zero attached hydrogens (tertiary/aromatic N) is 1. The van der Waals surface area contributed by atoms with Crippen LogP contribution in [0.15, 0.2) is 0 Å². The SMILES string of the molecule is CCCNCC1CCN(CC2(CC(C)C)CCCC2)C1. The molecule has 2 heteroatoms. The van der Waals surface area contributed by atoms with E-state index in [0.717, 1.165) is 11.8 Å². The van der Waals surface area contributed by atoms with Crippen molar-refractivity contribution in [3.8, 4) is 0 Å². The highest BCUT2D eigenvalue weighted by atomic mass is 15.2. The molecule has 0 aromatic carbocycles. The fraction of sp³-hybridized carbons (Fsp3) is 1.00. The molecule has 1 N–H and O–H groups in total. The molecule has 0 aromatic rings. The molecule has 2 nitrogen and oxygen atoms in total. The van der Waals surface area contributed by atoms with Crippen molar-refractivity contribution in [3.05, 3.63) is 0 Å². The Morgan fingerprint density at radius 3 is 2.65 bits per heavy atom. The van der Waals surface area contributed by atoms with Gasteiger partial charge >= 0.3 is 0 Å². The summed E-state index contributed by atoms with van der Waals surface area (Å²) >= 11 is 0. The van der Waals surface area contributed by atoms with Crippen molar-refractivity contribution in [3.63, 3.8) is 0 Å². The second-order valence-corrected chi connectivity index (χ2v) is 7.90. The summed E-state index contributed by atoms with van der Waals surface area (Å²) in [5.41, 5.74) is 0.667. The largest absolute Gasteiger partial charge is 0.316 e. The van der Waals surface area contributed by atoms with Crippen LogP contribution < -0.4 is 5.32 Å². The van der Waals surface area contributed by atoms with Crippen LogP contribution in [-0.4, -0.2) is 37.6 Å². The van der Waals surface area contributed by atoms with E-state index in [1.165, 1.54) is 77.7 Å². The summed E-state index contributed by atoms with van der Waals surface area (Å²) in [6.07, 6.45) is 10.0. The van der Waals surface area contributed by atoms with Gasteiger partial charge in [0, 0.05) is 13.1 Å². The summed E-state index contributed by atoms with van der Waals surface area (Å²) in [5, 5.41) is 3.61. The molecule has 0 spiro atoms. The van der Waals surface area contributed by atoms with Crippen LogP contribution >= 0.6 is 0 Å². The minimum Gasteiger partial charge on any atom is -0.316 e. The van der Waals surface area contributed by atoms with Gasteiger partial charge in [0.1, 0.15) is 0 Å². The molecule has 0 bridgehead atoms. The molecule has 1 unspecified atom stereocenters. The van der Waals surface area contributed by atoms with E-state index >= 15 is 0 Å². The van der Waals surface area contributed by atoms with E-state index in [2.05, 4.69) is 31.0 Å². The van der Waals surface area contributed by atoms with Gasteiger partial charge in [-0.3, -0.25) is 0 Å². The third kappa shape index (κ3) is 4.73. The predicted molar refractivity (Wildman–Crippen MR) is 88.1 cm³/mol. The number of rotatable bonds is 8. The molecule has 2 fully saturated rings. The van der Waals surface area contributed by atoms with Crippen LogP contribution in [0.1, 0.15) is 65.7 Å². The van der Waals surface area contributed by atoms with Crippen LogP contribution in [0, 0.1) is 17.3 Å². The molecule has 118 valence electrons. The number of hydrogen-bond donors (Lipinski definition) is 1. The summed E-state index contributed by atoms with van der Waals surface area (Å²) < 4.78 is 0. The Morgan fingerprint density at radius 2 is 2.00 bits per heavy atom. The Bertz CT molecular complexity index is 269. The number of nitrogens with one attached hydrogen (secondary N) is 1. The highest BCUT2D eigenvalue weighted by Crippen LogP contribution is 2.44. The average molecular weight is 280 g/mol. The maximum Gasteiger partial charge on any atom is 0.00382 e. The summed E-state index contributed by atoms with van der Waals surface area (Å²) in [6.45, 7) is 13.6. The Balaban J connectivity index is 1.77. The van der Waals surface area contributed by atoms with E-state index < -0.39 is 0 Å². The second-order valence-electron chi connectivity index (χ2n) is 7.90. The quantitative estimate of drug-likeness (QED) is 0.678. The molecule has 2 aliphatic rings. The fourth-order valence-electron chi connectivity index (χ4n) is 4.60. The van der Waals surface area contributed by atoms with E-state index in [4.69, 9.17) is 0 Å². The molecule has 1 atom stereocenters. The first kappa shape index (κ1) is 16.3. The Hall–Kier alpha value is -0.0800. The molecule has 1 heterocycles. The first-order valence-corrected chi connectivity index (χ1v) is 9.06. The van der Waals surface area contributed by atoms with Gasteiger partial charge in [-0.15, -0.1) is 0 Å². The fourth-order valence-corrected chi connectivity index (χ4v) is 4.60. The van der Waals surface area contributed by atoms with Crippen LogP contribution in [0.3, 0.4) is 0 Å². The number of hydrogen-bond acceptors (Lipinski definition) is 2. The molecule has 1 aliphatic carbocycles. The van der Waals surface area contributed by atoms with Crippen molar-refractivity contribution in [2.45, 2.75) is 65.7 Å². The van der Waals surface area contributed by atoms with Crippen LogP contribution in [0.5, 0.6) is 0 Å². The lowest BCUT2D eigenvalue weighted by molar-refractivity contribution is 0.144. The molecule has 1 aliphatic heterocycles. The van der Waals surface area contributed by atoms with Gasteiger partial charge < -0.3 is 10.2 Å². The highest BCUT2D eigenvalue weighted by molar-refractivity contribution is 4.90. The third-order valence-electron chi connectivity index (χ3n) is 5.29. The molecule has 0 aromatic heterocycles. The van der Waals surface area contributed by atoms with Crippen molar-refractivity contribution in [1.82, 2.24) is 10.2 Å². The zero-order valence-corrected chi connectivity index (χ0v) is 14.1. The normalized spacial score (nSPS) is 26.7. The molecular weight excluding hydrogens is 244 g/mol. The van der Waals surface area contributed by atoms with Crippen LogP contribution in [0.25, 0.3) is 0 Å². The predicted octanol–water partition coefficient (Wildman–Crippen LogP) is 3.91. The highest BCUT2D eigenvalue weighted by Gasteiger charge is 2.37. The van der Waals surface area contributed by atoms with Gasteiger partial charge in [-0.2, -0.15) is 0 Å². The first-order chi connectivity index (χ1) is 9.63. The van der Waals surface area contributed by atoms with Crippen LogP contribution in [0.4, 0.5) is 0 Å². The van der Waals surface area contributed by atoms with Crippen LogP contribution in [0.2, 0.25) is 0 Å². The summed E-state index contributed by atoms with van der Waals surface area (Å²) in [4.78, 5) is 2.78. The van der Waals surface area contributed by atoms with Gasteiger partial charge in [0.2, 0.25) is 0 Å². The second kappa shape index (κ2) is 7.79. The summed E-state index contributed by atoms with van der Waals surface area (Å²) in [6, 6.07) is 0. The monoisotopic (exact) mass is 280 g/mol. The van der Waals surface area contributed by atoms with Crippen LogP contribution in [-0.2, 0) is 0 Å². The zero-order valence-electron chi connectivity index (χ0n) is 14.1. The Morgan fingerprint density at radius 1 is 1.25 bits per heavy atom. The average Bonchev–Trinajstić information content (AvgIpc) is 3.00. The topological polar surface area (TPSA) is 15.3 Å². The van der Waals surface area contributed by atoms with Crippen molar-refractivity contribution in [2.75, 3.05) is 32.7 Å². The Kier molecular flexibility index (Phi) is 6.35. The van der Waals surface area contributed by atoms with Crippen molar-refractivity contribution in [2.24, 2.45) is 17.3 Å². The van der Waals surface area contributed by atoms with E-state index in [0.29, 0.717) is 5.41 Å². The third-order valence-corrected chi connectivity index (χ3v) is 5.29. The van der Waals surface area contributed by atoms with Gasteiger partial charge in [-0.05, 0) is 69.0 Å². The lowest BCUT2D eigenvalue weighted by Crippen LogP contribution is -2.36. The molecule has 0 amide bonds. The van der Waals surface area contributed by atoms with E-state index in [-0.39, 0.29) is 0 Å². The maximum atomic E-state index is 3.61. The Labute approximate surface area is 126 Å². The van der Waals surface area contributed by atoms with Gasteiger partial charge in [0.25, 0.3) is 0 Å². The van der Waals surface area contributed by atoms with E-state index in [1.807, 2.05) is 0 Å². The van der Waals surface area contributed by atoms with Crippen molar-refractivity contribution in [1.29, 1.82) is 0 Å². The maximum absolute atomic E-state index is 3.61. The molecule has 1 saturated carbocycles. The molecule has 2 rings (SSSR count). The molecular formula is C18H36N2. The van der Waals surface area contributed by atoms with E-state index in [1.54, 1.807) is 0 Å². The minimum atomic E-state index is 0.667. The summed E-state index contributed by atoms with van der Waals surface area (Å²) in [7, 11) is 0. The van der Waals surface area contributed by atoms with Gasteiger partial charge in [-0.1, -0.05) is 33.6 Å². The molecule has 0 radical (unpaired) electrons. The zero-order chi connectivity index (χ0) is 14.4. The molecule has 1 saturated heterocycles. The lowest BCUT2D eigenvalue weighted by atomic mass is 9.78. The van der Waals surface area contributed by atoms with Crippen molar-refractivity contribution < 1.29 is 0 Å². The van der Waals surface area contributed by atoms with Gasteiger partial charge in [-0.25, -0.2) is 0 Å². The van der Waals surface area contributed by atoms with E-state index in [9.17, 15) is 0 Å². The lowest BCUT2D eigenvalue weighted by Gasteiger charge is -2.35. The first-order valence-electron chi connectivity index (χ1n) is 9.06. The van der Waals surface area contributed by atoms with Gasteiger partial charge in [0.05, 0.1) is 0 Å². The van der Waals surface area contributed by atoms with Gasteiger partial charge in [0.15, 0.2) is 0 Å². The molecule has 20 heavy (non-hydrogen) atoms. The minimum absolute atomic E-state index is 0.667.